The van der Waals surface area contributed by atoms with Crippen molar-refractivity contribution in [2.24, 2.45) is 0 Å². The molecule has 2 amide bonds. The summed E-state index contributed by atoms with van der Waals surface area (Å²) in [6, 6.07) is 4.19. The molecule has 0 spiro atoms. The first-order chi connectivity index (χ1) is 10.1. The van der Waals surface area contributed by atoms with Gasteiger partial charge in [0.15, 0.2) is 5.75 Å². The molecule has 1 fully saturated rings. The molecule has 7 heteroatoms. The molecule has 0 unspecified atom stereocenters. The second-order valence-electron chi connectivity index (χ2n) is 5.08. The Balaban J connectivity index is 2.00. The molecule has 0 saturated heterocycles. The van der Waals surface area contributed by atoms with E-state index in [0.717, 1.165) is 25.7 Å². The Labute approximate surface area is 122 Å². The van der Waals surface area contributed by atoms with E-state index in [-0.39, 0.29) is 23.5 Å². The van der Waals surface area contributed by atoms with Crippen LogP contribution in [0.1, 0.15) is 32.1 Å². The molecule has 21 heavy (non-hydrogen) atoms. The maximum Gasteiger partial charge on any atom is 0.319 e. The topological polar surface area (TPSA) is 93.5 Å². The van der Waals surface area contributed by atoms with Crippen LogP contribution >= 0.6 is 0 Å². The second kappa shape index (κ2) is 6.92. The predicted molar refractivity (Wildman–Crippen MR) is 78.7 cm³/mol. The van der Waals surface area contributed by atoms with Gasteiger partial charge in [-0.2, -0.15) is 0 Å². The van der Waals surface area contributed by atoms with E-state index in [4.69, 9.17) is 4.74 Å². The van der Waals surface area contributed by atoms with E-state index in [2.05, 4.69) is 10.6 Å². The maximum absolute atomic E-state index is 11.9. The summed E-state index contributed by atoms with van der Waals surface area (Å²) < 4.78 is 4.92. The molecule has 1 aromatic carbocycles. The van der Waals surface area contributed by atoms with Gasteiger partial charge in [0.2, 0.25) is 0 Å². The highest BCUT2D eigenvalue weighted by atomic mass is 16.6. The smallest absolute Gasteiger partial charge is 0.319 e. The average Bonchev–Trinajstić information content (AvgIpc) is 2.48. The van der Waals surface area contributed by atoms with Crippen LogP contribution in [0.2, 0.25) is 0 Å². The highest BCUT2D eigenvalue weighted by molar-refractivity contribution is 5.90. The second-order valence-corrected chi connectivity index (χ2v) is 5.08. The van der Waals surface area contributed by atoms with Crippen molar-refractivity contribution >= 4 is 17.4 Å². The minimum absolute atomic E-state index is 0.165. The molecule has 0 aromatic heterocycles. The van der Waals surface area contributed by atoms with Crippen molar-refractivity contribution in [3.63, 3.8) is 0 Å². The fourth-order valence-corrected chi connectivity index (χ4v) is 2.51. The summed E-state index contributed by atoms with van der Waals surface area (Å²) in [5.74, 6) is 0.165. The molecular formula is C14H19N3O4. The highest BCUT2D eigenvalue weighted by Crippen LogP contribution is 2.29. The maximum atomic E-state index is 11.9. The summed E-state index contributed by atoms with van der Waals surface area (Å²) in [6.45, 7) is 0. The van der Waals surface area contributed by atoms with Gasteiger partial charge >= 0.3 is 11.7 Å². The van der Waals surface area contributed by atoms with Gasteiger partial charge in [0.1, 0.15) is 0 Å². The summed E-state index contributed by atoms with van der Waals surface area (Å²) in [6.07, 6.45) is 5.43. The third kappa shape index (κ3) is 4.08. The van der Waals surface area contributed by atoms with Crippen LogP contribution in [0.25, 0.3) is 0 Å². The molecule has 0 atom stereocenters. The molecule has 7 nitrogen and oxygen atoms in total. The van der Waals surface area contributed by atoms with Crippen LogP contribution < -0.4 is 15.4 Å². The minimum Gasteiger partial charge on any atom is -0.490 e. The van der Waals surface area contributed by atoms with Crippen molar-refractivity contribution in [2.75, 3.05) is 12.4 Å². The summed E-state index contributed by atoms with van der Waals surface area (Å²) in [5.41, 5.74) is 0.198. The van der Waals surface area contributed by atoms with E-state index in [1.165, 1.54) is 25.7 Å². The molecule has 0 aliphatic heterocycles. The van der Waals surface area contributed by atoms with Gasteiger partial charge in [-0.1, -0.05) is 19.3 Å². The van der Waals surface area contributed by atoms with E-state index in [9.17, 15) is 14.9 Å². The molecule has 2 rings (SSSR count). The lowest BCUT2D eigenvalue weighted by Gasteiger charge is -2.22. The molecule has 1 aliphatic carbocycles. The van der Waals surface area contributed by atoms with Crippen molar-refractivity contribution < 1.29 is 14.5 Å². The molecule has 114 valence electrons. The van der Waals surface area contributed by atoms with Gasteiger partial charge in [-0.25, -0.2) is 4.79 Å². The molecule has 1 aliphatic rings. The number of methoxy groups -OCH3 is 1. The van der Waals surface area contributed by atoms with Gasteiger partial charge in [0.05, 0.1) is 12.0 Å². The summed E-state index contributed by atoms with van der Waals surface area (Å²) >= 11 is 0. The third-order valence-electron chi connectivity index (χ3n) is 3.57. The van der Waals surface area contributed by atoms with Crippen LogP contribution in [0, 0.1) is 10.1 Å². The monoisotopic (exact) mass is 293 g/mol. The number of rotatable bonds is 4. The number of nitro benzene ring substituents is 1. The molecule has 0 radical (unpaired) electrons. The van der Waals surface area contributed by atoms with Gasteiger partial charge in [0, 0.05) is 17.8 Å². The average molecular weight is 293 g/mol. The zero-order valence-electron chi connectivity index (χ0n) is 11.9. The first kappa shape index (κ1) is 15.1. The van der Waals surface area contributed by atoms with Gasteiger partial charge in [0.25, 0.3) is 0 Å². The van der Waals surface area contributed by atoms with E-state index in [1.807, 2.05) is 0 Å². The zero-order valence-corrected chi connectivity index (χ0v) is 11.9. The first-order valence-electron chi connectivity index (χ1n) is 7.00. The highest BCUT2D eigenvalue weighted by Gasteiger charge is 2.18. The van der Waals surface area contributed by atoms with E-state index < -0.39 is 4.92 Å². The summed E-state index contributed by atoms with van der Waals surface area (Å²) in [5, 5.41) is 16.5. The number of nitrogens with one attached hydrogen (secondary N) is 2. The largest absolute Gasteiger partial charge is 0.490 e. The molecule has 1 aromatic rings. The predicted octanol–water partition coefficient (Wildman–Crippen LogP) is 3.06. The number of nitro groups is 1. The minimum atomic E-state index is -0.539. The molecule has 2 N–H and O–H groups in total. The number of amides is 2. The lowest BCUT2D eigenvalue weighted by atomic mass is 9.96. The van der Waals surface area contributed by atoms with Crippen molar-refractivity contribution in [1.29, 1.82) is 0 Å². The van der Waals surface area contributed by atoms with Gasteiger partial charge in [-0.3, -0.25) is 10.1 Å². The first-order valence-corrected chi connectivity index (χ1v) is 7.00. The van der Waals surface area contributed by atoms with E-state index in [1.54, 1.807) is 6.07 Å². The number of urea groups is 1. The number of benzene rings is 1. The van der Waals surface area contributed by atoms with Gasteiger partial charge < -0.3 is 15.4 Å². The third-order valence-corrected chi connectivity index (χ3v) is 3.57. The Morgan fingerprint density at radius 3 is 2.67 bits per heavy atom. The van der Waals surface area contributed by atoms with Crippen LogP contribution in [0.4, 0.5) is 16.2 Å². The quantitative estimate of drug-likeness (QED) is 0.659. The fourth-order valence-electron chi connectivity index (χ4n) is 2.51. The Hall–Kier alpha value is -2.31. The standard InChI is InChI=1S/C14H19N3O4/c1-21-13-8-7-11(9-12(13)17(19)20)16-14(18)15-10-5-3-2-4-6-10/h7-10H,2-6H2,1H3,(H2,15,16,18). The zero-order chi connectivity index (χ0) is 15.2. The van der Waals surface area contributed by atoms with Gasteiger partial charge in [-0.15, -0.1) is 0 Å². The van der Waals surface area contributed by atoms with Crippen molar-refractivity contribution in [3.05, 3.63) is 28.3 Å². The SMILES string of the molecule is COc1ccc(NC(=O)NC2CCCCC2)cc1[N+](=O)[O-]. The number of anilines is 1. The number of ether oxygens (including phenoxy) is 1. The van der Waals surface area contributed by atoms with Crippen LogP contribution in [0.3, 0.4) is 0 Å². The Morgan fingerprint density at radius 1 is 1.33 bits per heavy atom. The number of carbonyl (C=O) groups is 1. The molecule has 0 bridgehead atoms. The normalized spacial score (nSPS) is 15.3. The molecule has 1 saturated carbocycles. The lowest BCUT2D eigenvalue weighted by molar-refractivity contribution is -0.385. The number of nitrogens with zero attached hydrogens (tertiary/aromatic N) is 1. The summed E-state index contributed by atoms with van der Waals surface area (Å²) in [4.78, 5) is 22.3. The lowest BCUT2D eigenvalue weighted by Crippen LogP contribution is -2.39. The van der Waals surface area contributed by atoms with Crippen LogP contribution in [0.5, 0.6) is 5.75 Å². The van der Waals surface area contributed by atoms with E-state index in [0.29, 0.717) is 5.69 Å². The van der Waals surface area contributed by atoms with Crippen LogP contribution in [-0.2, 0) is 0 Å². The Bertz CT molecular complexity index is 527. The van der Waals surface area contributed by atoms with E-state index >= 15 is 0 Å². The Morgan fingerprint density at radius 2 is 2.05 bits per heavy atom. The van der Waals surface area contributed by atoms with Crippen LogP contribution in [0.15, 0.2) is 18.2 Å². The molecule has 0 heterocycles. The summed E-state index contributed by atoms with van der Waals surface area (Å²) in [7, 11) is 1.37. The van der Waals surface area contributed by atoms with Gasteiger partial charge in [-0.05, 0) is 25.0 Å². The fraction of sp³-hybridized carbons (Fsp3) is 0.500. The number of carbonyl (C=O) groups excluding carboxylic acids is 1. The van der Waals surface area contributed by atoms with Crippen molar-refractivity contribution in [1.82, 2.24) is 5.32 Å². The number of hydrogen-bond donors (Lipinski definition) is 2. The van der Waals surface area contributed by atoms with Crippen molar-refractivity contribution in [3.8, 4) is 5.75 Å². The number of hydrogen-bond acceptors (Lipinski definition) is 4. The van der Waals surface area contributed by atoms with Crippen molar-refractivity contribution in [2.45, 2.75) is 38.1 Å². The Kier molecular flexibility index (Phi) is 4.97. The molecular weight excluding hydrogens is 274 g/mol. The van der Waals surface area contributed by atoms with Crippen LogP contribution in [-0.4, -0.2) is 24.1 Å².